The van der Waals surface area contributed by atoms with Gasteiger partial charge < -0.3 is 32.5 Å². The lowest BCUT2D eigenvalue weighted by atomic mass is 10.0. The number of nitrogens with two attached hydrogens (primary N) is 2. The van der Waals surface area contributed by atoms with Crippen LogP contribution >= 0.6 is 0 Å². The zero-order valence-corrected chi connectivity index (χ0v) is 23.8. The van der Waals surface area contributed by atoms with E-state index in [0.717, 1.165) is 16.7 Å². The summed E-state index contributed by atoms with van der Waals surface area (Å²) in [6, 6.07) is 20.0. The molecule has 0 radical (unpaired) electrons. The molecule has 228 valence electrons. The summed E-state index contributed by atoms with van der Waals surface area (Å²) in [5.74, 6) is -2.35. The van der Waals surface area contributed by atoms with Gasteiger partial charge in [-0.3, -0.25) is 24.4 Å². The van der Waals surface area contributed by atoms with Crippen molar-refractivity contribution in [3.05, 3.63) is 90.0 Å². The second-order valence-corrected chi connectivity index (χ2v) is 10.1. The predicted molar refractivity (Wildman–Crippen MR) is 162 cm³/mol. The fourth-order valence-corrected chi connectivity index (χ4v) is 4.30. The van der Waals surface area contributed by atoms with E-state index in [0.29, 0.717) is 25.1 Å². The highest BCUT2D eigenvalue weighted by molar-refractivity contribution is 5.99. The van der Waals surface area contributed by atoms with E-state index < -0.39 is 47.9 Å². The van der Waals surface area contributed by atoms with E-state index in [1.54, 1.807) is 48.5 Å². The van der Waals surface area contributed by atoms with Gasteiger partial charge in [0.15, 0.2) is 0 Å². The maximum Gasteiger partial charge on any atom is 0.268 e. The molecule has 4 amide bonds. The Morgan fingerprint density at radius 1 is 0.814 bits per heavy atom. The molecule has 0 aliphatic rings. The van der Waals surface area contributed by atoms with Gasteiger partial charge in [-0.2, -0.15) is 0 Å². The fourth-order valence-electron chi connectivity index (χ4n) is 4.30. The van der Waals surface area contributed by atoms with Gasteiger partial charge in [-0.1, -0.05) is 54.6 Å². The summed E-state index contributed by atoms with van der Waals surface area (Å²) in [5, 5.41) is 26.6. The number of aliphatic hydroxyl groups excluding tert-OH is 1. The Hall–Kier alpha value is -4.62. The lowest BCUT2D eigenvalue weighted by Crippen LogP contribution is -2.51. The lowest BCUT2D eigenvalue weighted by molar-refractivity contribution is -0.133. The Labute approximate surface area is 249 Å². The standard InChI is InChI=1S/C31H38N6O6/c1-19(38)27(31(42)37-43)36-28(39)23-11-9-21(10-12-23)22-13-15-24(16-14-22)34-30(41)26(18-20-6-3-2-4-7-20)35-29(40)25(33)8-5-17-32/h2-4,6-7,9-16,19,25-27,38,43H,5,8,17-18,32-33H2,1H3,(H,34,41)(H,35,40)(H,36,39)(H,37,42)/t19-,25+,26+,27+/m1/s1. The van der Waals surface area contributed by atoms with Gasteiger partial charge in [0.1, 0.15) is 12.1 Å². The molecule has 3 aromatic rings. The predicted octanol–water partition coefficient (Wildman–Crippen LogP) is 1.07. The van der Waals surface area contributed by atoms with Gasteiger partial charge in [-0.05, 0) is 67.3 Å². The molecule has 3 rings (SSSR count). The summed E-state index contributed by atoms with van der Waals surface area (Å²) < 4.78 is 0. The number of hydrogen-bond donors (Lipinski definition) is 8. The van der Waals surface area contributed by atoms with E-state index in [1.165, 1.54) is 12.4 Å². The molecule has 0 heterocycles. The molecular formula is C31H38N6O6. The van der Waals surface area contributed by atoms with Crippen molar-refractivity contribution in [1.29, 1.82) is 0 Å². The number of carbonyl (C=O) groups excluding carboxylic acids is 4. The molecule has 0 saturated heterocycles. The fraction of sp³-hybridized carbons (Fsp3) is 0.290. The average Bonchev–Trinajstić information content (AvgIpc) is 3.02. The van der Waals surface area contributed by atoms with E-state index in [4.69, 9.17) is 16.7 Å². The normalized spacial score (nSPS) is 13.6. The maximum absolute atomic E-state index is 13.2. The van der Waals surface area contributed by atoms with Gasteiger partial charge in [-0.25, -0.2) is 5.48 Å². The van der Waals surface area contributed by atoms with Crippen LogP contribution in [0, 0.1) is 0 Å². The van der Waals surface area contributed by atoms with Crippen molar-refractivity contribution in [1.82, 2.24) is 16.1 Å². The molecule has 43 heavy (non-hydrogen) atoms. The number of carbonyl (C=O) groups is 4. The summed E-state index contributed by atoms with van der Waals surface area (Å²) in [4.78, 5) is 50.2. The van der Waals surface area contributed by atoms with Crippen LogP contribution in [0.3, 0.4) is 0 Å². The molecule has 0 spiro atoms. The second kappa shape index (κ2) is 16.1. The summed E-state index contributed by atoms with van der Waals surface area (Å²) in [6.45, 7) is 1.73. The van der Waals surface area contributed by atoms with E-state index in [1.807, 2.05) is 30.3 Å². The van der Waals surface area contributed by atoms with Gasteiger partial charge in [0.2, 0.25) is 11.8 Å². The highest BCUT2D eigenvalue weighted by Gasteiger charge is 2.26. The summed E-state index contributed by atoms with van der Waals surface area (Å²) in [5.41, 5.74) is 16.2. The Bertz CT molecular complexity index is 1370. The van der Waals surface area contributed by atoms with Crippen LogP contribution in [0.25, 0.3) is 11.1 Å². The van der Waals surface area contributed by atoms with Crippen LogP contribution in [0.2, 0.25) is 0 Å². The summed E-state index contributed by atoms with van der Waals surface area (Å²) in [7, 11) is 0. The lowest BCUT2D eigenvalue weighted by Gasteiger charge is -2.21. The van der Waals surface area contributed by atoms with Crippen LogP contribution in [0.15, 0.2) is 78.9 Å². The highest BCUT2D eigenvalue weighted by Crippen LogP contribution is 2.22. The molecule has 0 saturated carbocycles. The minimum absolute atomic E-state index is 0.248. The summed E-state index contributed by atoms with van der Waals surface area (Å²) >= 11 is 0. The Morgan fingerprint density at radius 3 is 1.98 bits per heavy atom. The Kier molecular flexibility index (Phi) is 12.3. The molecule has 12 nitrogen and oxygen atoms in total. The van der Waals surface area contributed by atoms with Gasteiger partial charge >= 0.3 is 0 Å². The topological polar surface area (TPSA) is 209 Å². The molecule has 12 heteroatoms. The first-order valence-electron chi connectivity index (χ1n) is 13.9. The van der Waals surface area contributed by atoms with E-state index in [2.05, 4.69) is 16.0 Å². The van der Waals surface area contributed by atoms with E-state index in [9.17, 15) is 24.3 Å². The number of benzene rings is 3. The van der Waals surface area contributed by atoms with Crippen molar-refractivity contribution >= 4 is 29.3 Å². The molecule has 0 bridgehead atoms. The van der Waals surface area contributed by atoms with Gasteiger partial charge in [0.25, 0.3) is 11.8 Å². The van der Waals surface area contributed by atoms with Crippen LogP contribution in [-0.4, -0.2) is 64.7 Å². The van der Waals surface area contributed by atoms with Crippen LogP contribution in [0.1, 0.15) is 35.7 Å². The largest absolute Gasteiger partial charge is 0.391 e. The van der Waals surface area contributed by atoms with Gasteiger partial charge in [0.05, 0.1) is 12.1 Å². The molecular weight excluding hydrogens is 552 g/mol. The van der Waals surface area contributed by atoms with Crippen molar-refractivity contribution in [2.24, 2.45) is 11.5 Å². The maximum atomic E-state index is 13.2. The molecule has 0 fully saturated rings. The SMILES string of the molecule is C[C@@H](O)[C@H](NC(=O)c1ccc(-c2ccc(NC(=O)[C@H](Cc3ccccc3)NC(=O)[C@@H](N)CCCN)cc2)cc1)C(=O)NO. The first-order chi connectivity index (χ1) is 20.6. The third-order valence-corrected chi connectivity index (χ3v) is 6.77. The Morgan fingerprint density at radius 2 is 1.42 bits per heavy atom. The van der Waals surface area contributed by atoms with Crippen molar-refractivity contribution in [3.63, 3.8) is 0 Å². The monoisotopic (exact) mass is 590 g/mol. The van der Waals surface area contributed by atoms with E-state index in [-0.39, 0.29) is 12.0 Å². The Balaban J connectivity index is 1.67. The third-order valence-electron chi connectivity index (χ3n) is 6.77. The third kappa shape index (κ3) is 9.72. The number of aliphatic hydroxyl groups is 1. The minimum atomic E-state index is -1.33. The molecule has 0 aliphatic heterocycles. The average molecular weight is 591 g/mol. The quantitative estimate of drug-likeness (QED) is 0.100. The number of hydrogen-bond acceptors (Lipinski definition) is 8. The molecule has 0 unspecified atom stereocenters. The number of anilines is 1. The molecule has 0 aromatic heterocycles. The number of nitrogens with one attached hydrogen (secondary N) is 4. The van der Waals surface area contributed by atoms with Crippen LogP contribution in [0.4, 0.5) is 5.69 Å². The van der Waals surface area contributed by atoms with Crippen LogP contribution in [-0.2, 0) is 20.8 Å². The van der Waals surface area contributed by atoms with Crippen LogP contribution < -0.4 is 32.9 Å². The first-order valence-corrected chi connectivity index (χ1v) is 13.9. The second-order valence-electron chi connectivity index (χ2n) is 10.1. The van der Waals surface area contributed by atoms with Crippen LogP contribution in [0.5, 0.6) is 0 Å². The van der Waals surface area contributed by atoms with Crippen molar-refractivity contribution in [2.45, 2.75) is 50.4 Å². The first kappa shape index (κ1) is 32.9. The number of rotatable bonds is 14. The molecule has 4 atom stereocenters. The molecule has 0 aliphatic carbocycles. The zero-order valence-electron chi connectivity index (χ0n) is 23.8. The van der Waals surface area contributed by atoms with Crippen molar-refractivity contribution in [3.8, 4) is 11.1 Å². The summed E-state index contributed by atoms with van der Waals surface area (Å²) in [6.07, 6.45) is 0.0680. The van der Waals surface area contributed by atoms with Gasteiger partial charge in [-0.15, -0.1) is 0 Å². The van der Waals surface area contributed by atoms with Gasteiger partial charge in [0, 0.05) is 17.7 Å². The van der Waals surface area contributed by atoms with Crippen molar-refractivity contribution in [2.75, 3.05) is 11.9 Å². The zero-order chi connectivity index (χ0) is 31.4. The molecule has 10 N–H and O–H groups in total. The van der Waals surface area contributed by atoms with Crippen molar-refractivity contribution < 1.29 is 29.5 Å². The number of amides is 4. The smallest absolute Gasteiger partial charge is 0.268 e. The molecule has 3 aromatic carbocycles. The number of hydroxylamine groups is 1. The minimum Gasteiger partial charge on any atom is -0.391 e. The van der Waals surface area contributed by atoms with E-state index >= 15 is 0 Å². The highest BCUT2D eigenvalue weighted by atomic mass is 16.5.